The highest BCUT2D eigenvalue weighted by Crippen LogP contribution is 2.35. The highest BCUT2D eigenvalue weighted by atomic mass is 16.3. The summed E-state index contributed by atoms with van der Waals surface area (Å²) < 4.78 is 0. The molecule has 4 heteroatoms. The number of hydrogen-bond acceptors (Lipinski definition) is 3. The summed E-state index contributed by atoms with van der Waals surface area (Å²) >= 11 is 0. The number of aliphatic hydroxyl groups is 1. The second-order valence-corrected chi connectivity index (χ2v) is 5.71. The van der Waals surface area contributed by atoms with E-state index in [2.05, 4.69) is 0 Å². The number of carbonyl (C=O) groups excluding carboxylic acids is 2. The van der Waals surface area contributed by atoms with E-state index in [1.165, 1.54) is 4.90 Å². The van der Waals surface area contributed by atoms with Gasteiger partial charge in [-0.3, -0.25) is 14.5 Å². The molecule has 1 saturated heterocycles. The number of amides is 2. The topological polar surface area (TPSA) is 57.6 Å². The Bertz CT molecular complexity index is 310. The molecule has 1 aliphatic rings. The van der Waals surface area contributed by atoms with E-state index in [1.54, 1.807) is 13.8 Å². The molecular formula is C13H23NO3. The zero-order valence-electron chi connectivity index (χ0n) is 11.2. The lowest BCUT2D eigenvalue weighted by atomic mass is 9.82. The molecule has 0 aromatic carbocycles. The number of carbonyl (C=O) groups is 2. The molecule has 0 aromatic rings. The van der Waals surface area contributed by atoms with Crippen LogP contribution in [0.2, 0.25) is 0 Å². The number of rotatable bonds is 5. The summed E-state index contributed by atoms with van der Waals surface area (Å²) in [4.78, 5) is 25.3. The molecule has 1 aliphatic heterocycles. The van der Waals surface area contributed by atoms with Gasteiger partial charge in [-0.05, 0) is 12.8 Å². The van der Waals surface area contributed by atoms with Gasteiger partial charge in [-0.25, -0.2) is 0 Å². The van der Waals surface area contributed by atoms with Gasteiger partial charge in [-0.2, -0.15) is 0 Å². The molecule has 1 rings (SSSR count). The van der Waals surface area contributed by atoms with Gasteiger partial charge in [0.05, 0.1) is 12.0 Å². The van der Waals surface area contributed by atoms with Crippen LogP contribution in [-0.2, 0) is 9.59 Å². The first-order valence-corrected chi connectivity index (χ1v) is 6.27. The largest absolute Gasteiger partial charge is 0.396 e. The minimum atomic E-state index is -0.584. The maximum atomic E-state index is 12.1. The predicted octanol–water partition coefficient (Wildman–Crippen LogP) is 1.57. The van der Waals surface area contributed by atoms with Gasteiger partial charge in [-0.15, -0.1) is 0 Å². The van der Waals surface area contributed by atoms with Gasteiger partial charge in [0.2, 0.25) is 11.8 Å². The van der Waals surface area contributed by atoms with E-state index in [1.807, 2.05) is 13.8 Å². The third-order valence-corrected chi connectivity index (χ3v) is 4.05. The molecule has 1 N–H and O–H groups in total. The molecule has 0 aromatic heterocycles. The number of likely N-dealkylation sites (tertiary alicyclic amines) is 1. The van der Waals surface area contributed by atoms with Gasteiger partial charge in [-0.1, -0.05) is 27.7 Å². The van der Waals surface area contributed by atoms with Crippen LogP contribution < -0.4 is 0 Å². The fraction of sp³-hybridized carbons (Fsp3) is 0.846. The van der Waals surface area contributed by atoms with E-state index >= 15 is 0 Å². The van der Waals surface area contributed by atoms with Crippen molar-refractivity contribution >= 4 is 11.8 Å². The van der Waals surface area contributed by atoms with Gasteiger partial charge in [0.25, 0.3) is 0 Å². The average Bonchev–Trinajstić information content (AvgIpc) is 2.48. The molecule has 0 aliphatic carbocycles. The molecule has 98 valence electrons. The molecule has 4 nitrogen and oxygen atoms in total. The smallest absolute Gasteiger partial charge is 0.235 e. The van der Waals surface area contributed by atoms with Crippen molar-refractivity contribution in [1.29, 1.82) is 0 Å². The zero-order valence-corrected chi connectivity index (χ0v) is 11.2. The summed E-state index contributed by atoms with van der Waals surface area (Å²) in [5, 5.41) is 9.49. The van der Waals surface area contributed by atoms with Crippen molar-refractivity contribution in [3.8, 4) is 0 Å². The van der Waals surface area contributed by atoms with Gasteiger partial charge < -0.3 is 5.11 Å². The molecule has 0 radical (unpaired) electrons. The summed E-state index contributed by atoms with van der Waals surface area (Å²) in [6.07, 6.45) is 1.80. The van der Waals surface area contributed by atoms with Crippen molar-refractivity contribution in [3.05, 3.63) is 0 Å². The highest BCUT2D eigenvalue weighted by molar-refractivity contribution is 6.05. The van der Waals surface area contributed by atoms with Crippen molar-refractivity contribution in [2.75, 3.05) is 13.2 Å². The Hall–Kier alpha value is -0.900. The van der Waals surface area contributed by atoms with Crippen LogP contribution in [0.4, 0.5) is 0 Å². The zero-order chi connectivity index (χ0) is 13.3. The summed E-state index contributed by atoms with van der Waals surface area (Å²) in [6.45, 7) is 7.92. The van der Waals surface area contributed by atoms with Crippen molar-refractivity contribution in [1.82, 2.24) is 4.90 Å². The lowest BCUT2D eigenvalue weighted by Crippen LogP contribution is -2.43. The van der Waals surface area contributed by atoms with Crippen LogP contribution in [-0.4, -0.2) is 35.0 Å². The SMILES string of the molecule is CCC(CC)(CO)CN1C(=O)CC(C)(C)C1=O. The number of nitrogens with zero attached hydrogens (tertiary/aromatic N) is 1. The lowest BCUT2D eigenvalue weighted by molar-refractivity contribution is -0.143. The third-order valence-electron chi connectivity index (χ3n) is 4.05. The molecule has 0 spiro atoms. The first-order chi connectivity index (χ1) is 7.82. The van der Waals surface area contributed by atoms with Crippen LogP contribution in [0.1, 0.15) is 47.0 Å². The first-order valence-electron chi connectivity index (χ1n) is 6.27. The first kappa shape index (κ1) is 14.2. The standard InChI is InChI=1S/C13H23NO3/c1-5-13(6-2,9-15)8-14-10(16)7-12(3,4)11(14)17/h15H,5-9H2,1-4H3. The van der Waals surface area contributed by atoms with E-state index in [0.717, 1.165) is 12.8 Å². The quantitative estimate of drug-likeness (QED) is 0.743. The van der Waals surface area contributed by atoms with E-state index in [0.29, 0.717) is 6.54 Å². The van der Waals surface area contributed by atoms with Crippen molar-refractivity contribution in [2.24, 2.45) is 10.8 Å². The Morgan fingerprint density at radius 1 is 1.29 bits per heavy atom. The molecule has 0 saturated carbocycles. The number of hydrogen-bond donors (Lipinski definition) is 1. The van der Waals surface area contributed by atoms with Gasteiger partial charge in [0, 0.05) is 18.4 Å². The Balaban J connectivity index is 2.88. The van der Waals surface area contributed by atoms with Gasteiger partial charge in [0.1, 0.15) is 0 Å². The van der Waals surface area contributed by atoms with Gasteiger partial charge in [0.15, 0.2) is 0 Å². The number of imide groups is 1. The van der Waals surface area contributed by atoms with Crippen LogP contribution in [0.25, 0.3) is 0 Å². The highest BCUT2D eigenvalue weighted by Gasteiger charge is 2.46. The lowest BCUT2D eigenvalue weighted by Gasteiger charge is -2.33. The maximum Gasteiger partial charge on any atom is 0.235 e. The van der Waals surface area contributed by atoms with Crippen LogP contribution >= 0.6 is 0 Å². The fourth-order valence-electron chi connectivity index (χ4n) is 2.27. The van der Waals surface area contributed by atoms with E-state index in [9.17, 15) is 14.7 Å². The minimum Gasteiger partial charge on any atom is -0.396 e. The molecule has 1 heterocycles. The Morgan fingerprint density at radius 2 is 1.82 bits per heavy atom. The molecule has 2 amide bonds. The summed E-state index contributed by atoms with van der Waals surface area (Å²) in [5.74, 6) is -0.220. The molecule has 0 bridgehead atoms. The summed E-state index contributed by atoms with van der Waals surface area (Å²) in [5.41, 5.74) is -0.925. The molecule has 0 atom stereocenters. The molecule has 17 heavy (non-hydrogen) atoms. The van der Waals surface area contributed by atoms with Crippen LogP contribution in [0.15, 0.2) is 0 Å². The molecule has 0 unspecified atom stereocenters. The van der Waals surface area contributed by atoms with E-state index < -0.39 is 5.41 Å². The monoisotopic (exact) mass is 241 g/mol. The fourth-order valence-corrected chi connectivity index (χ4v) is 2.27. The van der Waals surface area contributed by atoms with Crippen LogP contribution in [0, 0.1) is 10.8 Å². The number of aliphatic hydroxyl groups excluding tert-OH is 1. The minimum absolute atomic E-state index is 0.0114. The Morgan fingerprint density at radius 3 is 2.12 bits per heavy atom. The summed E-state index contributed by atoms with van der Waals surface area (Å²) in [7, 11) is 0. The van der Waals surface area contributed by atoms with Crippen LogP contribution in [0.5, 0.6) is 0 Å². The molecular weight excluding hydrogens is 218 g/mol. The van der Waals surface area contributed by atoms with Crippen molar-refractivity contribution < 1.29 is 14.7 Å². The normalized spacial score (nSPS) is 20.2. The van der Waals surface area contributed by atoms with Crippen molar-refractivity contribution in [3.63, 3.8) is 0 Å². The van der Waals surface area contributed by atoms with Gasteiger partial charge >= 0.3 is 0 Å². The third kappa shape index (κ3) is 2.51. The van der Waals surface area contributed by atoms with E-state index in [-0.39, 0.29) is 30.3 Å². The van der Waals surface area contributed by atoms with E-state index in [4.69, 9.17) is 0 Å². The maximum absolute atomic E-state index is 12.1. The molecule has 1 fully saturated rings. The second-order valence-electron chi connectivity index (χ2n) is 5.71. The average molecular weight is 241 g/mol. The second kappa shape index (κ2) is 4.77. The van der Waals surface area contributed by atoms with Crippen LogP contribution in [0.3, 0.4) is 0 Å². The Labute approximate surface area is 103 Å². The van der Waals surface area contributed by atoms with Crippen molar-refractivity contribution in [2.45, 2.75) is 47.0 Å². The summed E-state index contributed by atoms with van der Waals surface area (Å²) in [6, 6.07) is 0. The predicted molar refractivity (Wildman–Crippen MR) is 65.2 cm³/mol. The Kier molecular flexibility index (Phi) is 3.97.